The van der Waals surface area contributed by atoms with Crippen LogP contribution in [-0.2, 0) is 4.79 Å². The van der Waals surface area contributed by atoms with Gasteiger partial charge in [-0.05, 0) is 25.6 Å². The van der Waals surface area contributed by atoms with Gasteiger partial charge in [0, 0.05) is 26.7 Å². The Hall–Kier alpha value is -1.75. The molecule has 2 N–H and O–H groups in total. The summed E-state index contributed by atoms with van der Waals surface area (Å²) in [6.45, 7) is 6.51. The van der Waals surface area contributed by atoms with Gasteiger partial charge in [-0.15, -0.1) is 0 Å². The second kappa shape index (κ2) is 5.71. The van der Waals surface area contributed by atoms with Gasteiger partial charge in [0.15, 0.2) is 0 Å². The summed E-state index contributed by atoms with van der Waals surface area (Å²) in [7, 11) is 2.07. The van der Waals surface area contributed by atoms with Gasteiger partial charge >= 0.3 is 5.97 Å². The van der Waals surface area contributed by atoms with Gasteiger partial charge in [-0.25, -0.2) is 0 Å². The molecule has 1 aliphatic heterocycles. The first-order valence-electron chi connectivity index (χ1n) is 7.01. The van der Waals surface area contributed by atoms with Gasteiger partial charge in [-0.1, -0.05) is 19.1 Å². The summed E-state index contributed by atoms with van der Waals surface area (Å²) in [6, 6.07) is 8.14. The van der Waals surface area contributed by atoms with Gasteiger partial charge in [-0.2, -0.15) is 0 Å². The summed E-state index contributed by atoms with van der Waals surface area (Å²) in [5.41, 5.74) is 1.33. The number of likely N-dealkylation sites (N-methyl/N-ethyl adjacent to an activating group) is 2. The number of benzene rings is 1. The molecule has 0 fully saturated rings. The normalized spacial score (nSPS) is 17.6. The molecule has 1 aromatic rings. The van der Waals surface area contributed by atoms with Crippen molar-refractivity contribution in [2.45, 2.75) is 19.4 Å². The molecule has 0 saturated heterocycles. The van der Waals surface area contributed by atoms with Gasteiger partial charge in [0.1, 0.15) is 5.54 Å². The lowest BCUT2D eigenvalue weighted by molar-refractivity contribution is -0.143. The third-order valence-electron chi connectivity index (χ3n) is 3.89. The summed E-state index contributed by atoms with van der Waals surface area (Å²) in [5, 5.41) is 12.6. The molecule has 0 spiro atoms. The van der Waals surface area contributed by atoms with Crippen LogP contribution in [0.2, 0.25) is 0 Å². The minimum absolute atomic E-state index is 0.459. The maximum atomic E-state index is 11.6. The molecule has 20 heavy (non-hydrogen) atoms. The third-order valence-corrected chi connectivity index (χ3v) is 3.89. The molecule has 1 atom stereocenters. The Kier molecular flexibility index (Phi) is 4.18. The van der Waals surface area contributed by atoms with E-state index in [4.69, 9.17) is 0 Å². The van der Waals surface area contributed by atoms with Gasteiger partial charge in [0.05, 0.1) is 11.4 Å². The molecule has 0 amide bonds. The quantitative estimate of drug-likeness (QED) is 0.852. The Balaban J connectivity index is 2.26. The predicted molar refractivity (Wildman–Crippen MR) is 81.6 cm³/mol. The standard InChI is InChI=1S/C15H23N3O2/c1-4-16-15(2,14(19)20)11-18-10-9-17(3)12-7-5-6-8-13(12)18/h5-8,16H,4,9-11H2,1-3H3,(H,19,20). The first-order valence-corrected chi connectivity index (χ1v) is 7.01. The lowest BCUT2D eigenvalue weighted by Crippen LogP contribution is -2.58. The maximum Gasteiger partial charge on any atom is 0.325 e. The SMILES string of the molecule is CCNC(C)(CN1CCN(C)c2ccccc21)C(=O)O. The zero-order valence-corrected chi connectivity index (χ0v) is 12.4. The van der Waals surface area contributed by atoms with Gasteiger partial charge in [-0.3, -0.25) is 4.79 Å². The molecule has 0 radical (unpaired) electrons. The van der Waals surface area contributed by atoms with E-state index in [2.05, 4.69) is 34.3 Å². The number of nitrogens with zero attached hydrogens (tertiary/aromatic N) is 2. The second-order valence-corrected chi connectivity index (χ2v) is 5.50. The van der Waals surface area contributed by atoms with Crippen LogP contribution in [0.5, 0.6) is 0 Å². The number of carboxylic acid groups (broad SMARTS) is 1. The minimum Gasteiger partial charge on any atom is -0.480 e. The molecule has 5 heteroatoms. The molecule has 0 aromatic heterocycles. The monoisotopic (exact) mass is 277 g/mol. The molecule has 1 aliphatic rings. The van der Waals surface area contributed by atoms with Crippen molar-refractivity contribution in [2.75, 3.05) is 43.0 Å². The van der Waals surface area contributed by atoms with Crippen molar-refractivity contribution < 1.29 is 9.90 Å². The van der Waals surface area contributed by atoms with Crippen LogP contribution >= 0.6 is 0 Å². The molecule has 1 unspecified atom stereocenters. The Labute approximate surface area is 120 Å². The smallest absolute Gasteiger partial charge is 0.325 e. The van der Waals surface area contributed by atoms with E-state index in [-0.39, 0.29) is 0 Å². The van der Waals surface area contributed by atoms with Gasteiger partial charge in [0.25, 0.3) is 0 Å². The van der Waals surface area contributed by atoms with Crippen molar-refractivity contribution in [3.8, 4) is 0 Å². The summed E-state index contributed by atoms with van der Waals surface area (Å²) in [5.74, 6) is -0.809. The summed E-state index contributed by atoms with van der Waals surface area (Å²) < 4.78 is 0. The van der Waals surface area contributed by atoms with E-state index < -0.39 is 11.5 Å². The summed E-state index contributed by atoms with van der Waals surface area (Å²) >= 11 is 0. The fraction of sp³-hybridized carbons (Fsp3) is 0.533. The number of anilines is 2. The van der Waals surface area contributed by atoms with Crippen molar-refractivity contribution in [1.82, 2.24) is 5.32 Å². The molecule has 0 bridgehead atoms. The molecule has 0 aliphatic carbocycles. The number of carboxylic acids is 1. The first-order chi connectivity index (χ1) is 9.48. The summed E-state index contributed by atoms with van der Waals surface area (Å²) in [4.78, 5) is 15.9. The fourth-order valence-corrected chi connectivity index (χ4v) is 2.70. The number of hydrogen-bond acceptors (Lipinski definition) is 4. The van der Waals surface area contributed by atoms with Crippen LogP contribution < -0.4 is 15.1 Å². The Bertz CT molecular complexity index is 492. The Morgan fingerprint density at radius 1 is 1.35 bits per heavy atom. The van der Waals surface area contributed by atoms with Crippen LogP contribution in [0, 0.1) is 0 Å². The molecular weight excluding hydrogens is 254 g/mol. The third kappa shape index (κ3) is 2.72. The number of para-hydroxylation sites is 2. The minimum atomic E-state index is -0.933. The number of fused-ring (bicyclic) bond motifs is 1. The highest BCUT2D eigenvalue weighted by atomic mass is 16.4. The van der Waals surface area contributed by atoms with E-state index in [1.165, 1.54) is 0 Å². The zero-order chi connectivity index (χ0) is 14.8. The first kappa shape index (κ1) is 14.7. The largest absolute Gasteiger partial charge is 0.480 e. The zero-order valence-electron chi connectivity index (χ0n) is 12.4. The number of carbonyl (C=O) groups is 1. The number of hydrogen-bond donors (Lipinski definition) is 2. The highest BCUT2D eigenvalue weighted by Crippen LogP contribution is 2.32. The molecular formula is C15H23N3O2. The number of aliphatic carboxylic acids is 1. The van der Waals surface area contributed by atoms with Crippen molar-refractivity contribution in [2.24, 2.45) is 0 Å². The van der Waals surface area contributed by atoms with Gasteiger partial charge in [0.2, 0.25) is 0 Å². The van der Waals surface area contributed by atoms with Crippen molar-refractivity contribution >= 4 is 17.3 Å². The predicted octanol–water partition coefficient (Wildman–Crippen LogP) is 1.40. The Morgan fingerprint density at radius 3 is 2.60 bits per heavy atom. The van der Waals surface area contributed by atoms with E-state index in [1.807, 2.05) is 19.1 Å². The van der Waals surface area contributed by atoms with Crippen molar-refractivity contribution in [1.29, 1.82) is 0 Å². The summed E-state index contributed by atoms with van der Waals surface area (Å²) in [6.07, 6.45) is 0. The maximum absolute atomic E-state index is 11.6. The van der Waals surface area contributed by atoms with E-state index in [0.29, 0.717) is 13.1 Å². The second-order valence-electron chi connectivity index (χ2n) is 5.50. The molecule has 110 valence electrons. The Morgan fingerprint density at radius 2 is 2.00 bits per heavy atom. The van der Waals surface area contributed by atoms with E-state index in [1.54, 1.807) is 6.92 Å². The molecule has 1 heterocycles. The van der Waals surface area contributed by atoms with E-state index in [0.717, 1.165) is 24.5 Å². The molecule has 2 rings (SSSR count). The lowest BCUT2D eigenvalue weighted by Gasteiger charge is -2.40. The van der Waals surface area contributed by atoms with Gasteiger partial charge < -0.3 is 20.2 Å². The number of rotatable bonds is 5. The molecule has 5 nitrogen and oxygen atoms in total. The average Bonchev–Trinajstić information content (AvgIpc) is 2.42. The van der Waals surface area contributed by atoms with Crippen LogP contribution in [-0.4, -0.2) is 49.8 Å². The molecule has 1 aromatic carbocycles. The van der Waals surface area contributed by atoms with Crippen molar-refractivity contribution in [3.05, 3.63) is 24.3 Å². The van der Waals surface area contributed by atoms with Crippen molar-refractivity contribution in [3.63, 3.8) is 0 Å². The lowest BCUT2D eigenvalue weighted by atomic mass is 10.0. The van der Waals surface area contributed by atoms with Crippen LogP contribution in [0.4, 0.5) is 11.4 Å². The highest BCUT2D eigenvalue weighted by Gasteiger charge is 2.35. The van der Waals surface area contributed by atoms with Crippen LogP contribution in [0.15, 0.2) is 24.3 Å². The highest BCUT2D eigenvalue weighted by molar-refractivity contribution is 5.81. The van der Waals surface area contributed by atoms with E-state index in [9.17, 15) is 9.90 Å². The fourth-order valence-electron chi connectivity index (χ4n) is 2.70. The van der Waals surface area contributed by atoms with E-state index >= 15 is 0 Å². The number of nitrogens with one attached hydrogen (secondary N) is 1. The van der Waals surface area contributed by atoms with Crippen LogP contribution in [0.25, 0.3) is 0 Å². The topological polar surface area (TPSA) is 55.8 Å². The van der Waals surface area contributed by atoms with Crippen LogP contribution in [0.3, 0.4) is 0 Å². The average molecular weight is 277 g/mol. The van der Waals surface area contributed by atoms with Crippen LogP contribution in [0.1, 0.15) is 13.8 Å². The molecule has 0 saturated carbocycles.